The third-order valence-electron chi connectivity index (χ3n) is 1.62. The molecule has 0 saturated heterocycles. The van der Waals surface area contributed by atoms with Crippen molar-refractivity contribution in [3.8, 4) is 0 Å². The quantitative estimate of drug-likeness (QED) is 0.705. The normalized spacial score (nSPS) is 11.4. The van der Waals surface area contributed by atoms with Crippen LogP contribution in [0.5, 0.6) is 0 Å². The molecule has 1 aromatic carbocycles. The van der Waals surface area contributed by atoms with Crippen LogP contribution in [-0.2, 0) is 0 Å². The lowest BCUT2D eigenvalue weighted by atomic mass is 10.1. The highest BCUT2D eigenvalue weighted by atomic mass is 14.5. The predicted octanol–water partition coefficient (Wildman–Crippen LogP) is 2.65. The van der Waals surface area contributed by atoms with Crippen LogP contribution >= 0.6 is 0 Å². The van der Waals surface area contributed by atoms with Gasteiger partial charge in [-0.05, 0) is 30.3 Å². The molecule has 0 aromatic heterocycles. The van der Waals surface area contributed by atoms with Crippen LogP contribution in [0.2, 0.25) is 0 Å². The molecule has 2 N–H and O–H groups in total. The Morgan fingerprint density at radius 2 is 1.67 bits per heavy atom. The van der Waals surface area contributed by atoms with E-state index >= 15 is 0 Å². The van der Waals surface area contributed by atoms with E-state index in [0.717, 1.165) is 5.56 Å². The zero-order chi connectivity index (χ0) is 8.81. The van der Waals surface area contributed by atoms with Crippen molar-refractivity contribution in [1.29, 1.82) is 0 Å². The molecule has 1 heteroatoms. The smallest absolute Gasteiger partial charge is 0.00561 e. The minimum absolute atomic E-state index is 1.15. The van der Waals surface area contributed by atoms with Gasteiger partial charge in [-0.1, -0.05) is 36.4 Å². The molecule has 0 radical (unpaired) electrons. The summed E-state index contributed by atoms with van der Waals surface area (Å²) in [7, 11) is 0. The fraction of sp³-hybridized carbons (Fsp3) is 0.0909. The van der Waals surface area contributed by atoms with Crippen molar-refractivity contribution in [2.24, 2.45) is 5.73 Å². The van der Waals surface area contributed by atoms with Crippen LogP contribution < -0.4 is 5.73 Å². The monoisotopic (exact) mass is 159 g/mol. The number of hydrogen-bond donors (Lipinski definition) is 1. The Morgan fingerprint density at radius 1 is 1.08 bits per heavy atom. The van der Waals surface area contributed by atoms with Crippen LogP contribution in [0.1, 0.15) is 18.1 Å². The molecule has 0 atom stereocenters. The zero-order valence-electron chi connectivity index (χ0n) is 7.20. The Kier molecular flexibility index (Phi) is 3.15. The van der Waals surface area contributed by atoms with Gasteiger partial charge in [0.1, 0.15) is 0 Å². The van der Waals surface area contributed by atoms with Crippen LogP contribution in [0.4, 0.5) is 0 Å². The van der Waals surface area contributed by atoms with Gasteiger partial charge in [-0.15, -0.1) is 0 Å². The van der Waals surface area contributed by atoms with E-state index in [1.54, 1.807) is 6.20 Å². The predicted molar refractivity (Wildman–Crippen MR) is 54.4 cm³/mol. The van der Waals surface area contributed by atoms with Gasteiger partial charge in [-0.2, -0.15) is 0 Å². The maximum absolute atomic E-state index is 5.32. The summed E-state index contributed by atoms with van der Waals surface area (Å²) < 4.78 is 0. The molecule has 0 amide bonds. The molecular formula is C11H13N. The van der Waals surface area contributed by atoms with Gasteiger partial charge in [0.15, 0.2) is 0 Å². The van der Waals surface area contributed by atoms with E-state index in [9.17, 15) is 0 Å². The van der Waals surface area contributed by atoms with E-state index in [-0.39, 0.29) is 0 Å². The Labute approximate surface area is 73.2 Å². The molecule has 12 heavy (non-hydrogen) atoms. The molecule has 0 heterocycles. The highest BCUT2D eigenvalue weighted by Crippen LogP contribution is 2.11. The summed E-state index contributed by atoms with van der Waals surface area (Å²) in [6.45, 7) is 2.00. The van der Waals surface area contributed by atoms with Crippen molar-refractivity contribution in [3.05, 3.63) is 47.7 Å². The van der Waals surface area contributed by atoms with E-state index in [1.807, 2.05) is 37.3 Å². The van der Waals surface area contributed by atoms with Gasteiger partial charge in [0, 0.05) is 0 Å². The second-order valence-electron chi connectivity index (χ2n) is 2.49. The SMILES string of the molecule is C/C=C\c1ccccc1/C=C/N. The van der Waals surface area contributed by atoms with Crippen LogP contribution in [0, 0.1) is 0 Å². The fourth-order valence-corrected chi connectivity index (χ4v) is 1.10. The van der Waals surface area contributed by atoms with E-state index in [0.29, 0.717) is 0 Å². The van der Waals surface area contributed by atoms with Crippen molar-refractivity contribution in [1.82, 2.24) is 0 Å². The molecular weight excluding hydrogens is 146 g/mol. The molecule has 1 nitrogen and oxygen atoms in total. The van der Waals surface area contributed by atoms with Crippen molar-refractivity contribution in [3.63, 3.8) is 0 Å². The van der Waals surface area contributed by atoms with Gasteiger partial charge in [-0.25, -0.2) is 0 Å². The third kappa shape index (κ3) is 1.99. The topological polar surface area (TPSA) is 26.0 Å². The number of rotatable bonds is 2. The Balaban J connectivity index is 3.08. The highest BCUT2D eigenvalue weighted by Gasteiger charge is 1.91. The van der Waals surface area contributed by atoms with Crippen LogP contribution in [0.15, 0.2) is 36.5 Å². The molecule has 0 aliphatic carbocycles. The van der Waals surface area contributed by atoms with E-state index < -0.39 is 0 Å². The van der Waals surface area contributed by atoms with Crippen molar-refractivity contribution >= 4 is 12.2 Å². The Bertz CT molecular complexity index is 267. The van der Waals surface area contributed by atoms with Crippen LogP contribution in [-0.4, -0.2) is 0 Å². The molecule has 0 saturated carbocycles. The molecule has 0 fully saturated rings. The molecule has 62 valence electrons. The van der Waals surface area contributed by atoms with Gasteiger partial charge in [0.25, 0.3) is 0 Å². The average Bonchev–Trinajstić information content (AvgIpc) is 2.09. The van der Waals surface area contributed by atoms with E-state index in [1.165, 1.54) is 5.56 Å². The molecule has 0 unspecified atom stereocenters. The first-order valence-electron chi connectivity index (χ1n) is 3.98. The highest BCUT2D eigenvalue weighted by molar-refractivity contribution is 5.64. The molecule has 0 aliphatic heterocycles. The third-order valence-corrected chi connectivity index (χ3v) is 1.62. The summed E-state index contributed by atoms with van der Waals surface area (Å²) in [5.74, 6) is 0. The largest absolute Gasteiger partial charge is 0.405 e. The first kappa shape index (κ1) is 8.60. The lowest BCUT2D eigenvalue weighted by Gasteiger charge is -1.98. The Hall–Kier alpha value is -1.50. The maximum atomic E-state index is 5.32. The standard InChI is InChI=1S/C11H13N/c1-2-5-10-6-3-4-7-11(10)8-9-12/h2-9H,12H2,1H3/b5-2-,9-8+. The first-order chi connectivity index (χ1) is 5.88. The van der Waals surface area contributed by atoms with E-state index in [4.69, 9.17) is 5.73 Å². The number of allylic oxidation sites excluding steroid dienone is 1. The van der Waals surface area contributed by atoms with Gasteiger partial charge in [-0.3, -0.25) is 0 Å². The summed E-state index contributed by atoms with van der Waals surface area (Å²) in [4.78, 5) is 0. The molecule has 1 rings (SSSR count). The second kappa shape index (κ2) is 4.39. The summed E-state index contributed by atoms with van der Waals surface area (Å²) in [5.41, 5.74) is 7.67. The van der Waals surface area contributed by atoms with Gasteiger partial charge in [0.2, 0.25) is 0 Å². The molecule has 0 spiro atoms. The number of benzene rings is 1. The van der Waals surface area contributed by atoms with Crippen molar-refractivity contribution in [2.75, 3.05) is 0 Å². The lowest BCUT2D eigenvalue weighted by Crippen LogP contribution is -1.81. The van der Waals surface area contributed by atoms with Crippen LogP contribution in [0.25, 0.3) is 12.2 Å². The summed E-state index contributed by atoms with van der Waals surface area (Å²) in [6, 6.07) is 8.12. The zero-order valence-corrected chi connectivity index (χ0v) is 7.20. The van der Waals surface area contributed by atoms with Crippen LogP contribution in [0.3, 0.4) is 0 Å². The molecule has 0 aliphatic rings. The van der Waals surface area contributed by atoms with Gasteiger partial charge in [0.05, 0.1) is 0 Å². The average molecular weight is 159 g/mol. The lowest BCUT2D eigenvalue weighted by molar-refractivity contribution is 1.57. The first-order valence-corrected chi connectivity index (χ1v) is 3.98. The summed E-state index contributed by atoms with van der Waals surface area (Å²) in [6.07, 6.45) is 7.54. The number of nitrogens with two attached hydrogens (primary N) is 1. The number of hydrogen-bond acceptors (Lipinski definition) is 1. The minimum atomic E-state index is 1.15. The van der Waals surface area contributed by atoms with Crippen molar-refractivity contribution in [2.45, 2.75) is 6.92 Å². The van der Waals surface area contributed by atoms with Crippen molar-refractivity contribution < 1.29 is 0 Å². The van der Waals surface area contributed by atoms with Gasteiger partial charge >= 0.3 is 0 Å². The second-order valence-corrected chi connectivity index (χ2v) is 2.49. The maximum Gasteiger partial charge on any atom is -0.00561 e. The molecule has 1 aromatic rings. The minimum Gasteiger partial charge on any atom is -0.405 e. The fourth-order valence-electron chi connectivity index (χ4n) is 1.10. The molecule has 0 bridgehead atoms. The van der Waals surface area contributed by atoms with Gasteiger partial charge < -0.3 is 5.73 Å². The van der Waals surface area contributed by atoms with E-state index in [2.05, 4.69) is 12.1 Å². The summed E-state index contributed by atoms with van der Waals surface area (Å²) in [5, 5.41) is 0. The summed E-state index contributed by atoms with van der Waals surface area (Å²) >= 11 is 0. The Morgan fingerprint density at radius 3 is 2.17 bits per heavy atom.